The van der Waals surface area contributed by atoms with E-state index in [1.54, 1.807) is 0 Å². The van der Waals surface area contributed by atoms with E-state index in [1.807, 2.05) is 13.8 Å². The molecule has 0 saturated carbocycles. The lowest BCUT2D eigenvalue weighted by Gasteiger charge is -2.21. The minimum atomic E-state index is -0.886. The molecule has 0 spiro atoms. The van der Waals surface area contributed by atoms with E-state index in [2.05, 4.69) is 5.32 Å². The maximum atomic E-state index is 11.8. The minimum absolute atomic E-state index is 0.0574. The van der Waals surface area contributed by atoms with E-state index in [4.69, 9.17) is 5.11 Å². The zero-order valence-corrected chi connectivity index (χ0v) is 9.90. The zero-order chi connectivity index (χ0) is 12.1. The van der Waals surface area contributed by atoms with Gasteiger partial charge in [-0.05, 0) is 12.8 Å². The Hall–Kier alpha value is -1.10. The highest BCUT2D eigenvalue weighted by Gasteiger charge is 2.33. The Morgan fingerprint density at radius 3 is 2.75 bits per heavy atom. The molecule has 1 aliphatic rings. The van der Waals surface area contributed by atoms with Gasteiger partial charge < -0.3 is 15.3 Å². The van der Waals surface area contributed by atoms with Gasteiger partial charge in [-0.1, -0.05) is 13.8 Å². The standard InChI is InChI=1S/C11H20N2O3/c1-8(2)12-6-5-10(14)13-7-3-4-9(13)11(15)16/h8-9,12H,3-7H2,1-2H3,(H,15,16). The first-order valence-corrected chi connectivity index (χ1v) is 5.78. The van der Waals surface area contributed by atoms with E-state index in [0.717, 1.165) is 6.42 Å². The van der Waals surface area contributed by atoms with Gasteiger partial charge in [-0.15, -0.1) is 0 Å². The van der Waals surface area contributed by atoms with Crippen molar-refractivity contribution in [3.05, 3.63) is 0 Å². The van der Waals surface area contributed by atoms with Gasteiger partial charge >= 0.3 is 5.97 Å². The number of carbonyl (C=O) groups excluding carboxylic acids is 1. The molecule has 1 rings (SSSR count). The molecule has 2 N–H and O–H groups in total. The van der Waals surface area contributed by atoms with Crippen LogP contribution in [0, 0.1) is 0 Å². The summed E-state index contributed by atoms with van der Waals surface area (Å²) in [7, 11) is 0. The number of rotatable bonds is 5. The molecule has 1 amide bonds. The highest BCUT2D eigenvalue weighted by atomic mass is 16.4. The van der Waals surface area contributed by atoms with Crippen molar-refractivity contribution in [3.8, 4) is 0 Å². The Kier molecular flexibility index (Phi) is 4.73. The number of carboxylic acids is 1. The fourth-order valence-corrected chi connectivity index (χ4v) is 1.93. The average molecular weight is 228 g/mol. The van der Waals surface area contributed by atoms with Crippen LogP contribution in [0.4, 0.5) is 0 Å². The first-order valence-electron chi connectivity index (χ1n) is 5.78. The van der Waals surface area contributed by atoms with Crippen molar-refractivity contribution in [2.75, 3.05) is 13.1 Å². The van der Waals surface area contributed by atoms with E-state index in [0.29, 0.717) is 32.0 Å². The molecule has 5 heteroatoms. The predicted octanol–water partition coefficient (Wildman–Crippen LogP) is 0.450. The summed E-state index contributed by atoms with van der Waals surface area (Å²) in [6.07, 6.45) is 1.75. The minimum Gasteiger partial charge on any atom is -0.480 e. The average Bonchev–Trinajstić information content (AvgIpc) is 2.65. The molecule has 1 atom stereocenters. The molecular weight excluding hydrogens is 208 g/mol. The Bertz CT molecular complexity index is 266. The molecular formula is C11H20N2O3. The fraction of sp³-hybridized carbons (Fsp3) is 0.818. The molecule has 5 nitrogen and oxygen atoms in total. The van der Waals surface area contributed by atoms with Crippen LogP contribution in [0.15, 0.2) is 0 Å². The second-order valence-corrected chi connectivity index (χ2v) is 4.44. The molecule has 0 aromatic rings. The number of likely N-dealkylation sites (tertiary alicyclic amines) is 1. The van der Waals surface area contributed by atoms with Crippen molar-refractivity contribution in [2.45, 2.75) is 45.2 Å². The lowest BCUT2D eigenvalue weighted by molar-refractivity contribution is -0.148. The lowest BCUT2D eigenvalue weighted by Crippen LogP contribution is -2.41. The van der Waals surface area contributed by atoms with Crippen molar-refractivity contribution in [1.82, 2.24) is 10.2 Å². The van der Waals surface area contributed by atoms with Gasteiger partial charge in [0.05, 0.1) is 0 Å². The van der Waals surface area contributed by atoms with Crippen LogP contribution >= 0.6 is 0 Å². The summed E-state index contributed by atoms with van der Waals surface area (Å²) in [4.78, 5) is 24.1. The smallest absolute Gasteiger partial charge is 0.326 e. The number of hydrogen-bond acceptors (Lipinski definition) is 3. The van der Waals surface area contributed by atoms with Gasteiger partial charge in [-0.3, -0.25) is 4.79 Å². The van der Waals surface area contributed by atoms with E-state index >= 15 is 0 Å². The topological polar surface area (TPSA) is 69.6 Å². The SMILES string of the molecule is CC(C)NCCC(=O)N1CCCC1C(=O)O. The number of carbonyl (C=O) groups is 2. The molecule has 0 bridgehead atoms. The summed E-state index contributed by atoms with van der Waals surface area (Å²) in [6.45, 7) is 5.22. The molecule has 92 valence electrons. The van der Waals surface area contributed by atoms with Gasteiger partial charge in [-0.25, -0.2) is 4.79 Å². The molecule has 1 heterocycles. The lowest BCUT2D eigenvalue weighted by atomic mass is 10.2. The van der Waals surface area contributed by atoms with Crippen LogP contribution < -0.4 is 5.32 Å². The largest absolute Gasteiger partial charge is 0.480 e. The summed E-state index contributed by atoms with van der Waals surface area (Å²) in [5.41, 5.74) is 0. The third kappa shape index (κ3) is 3.48. The molecule has 16 heavy (non-hydrogen) atoms. The van der Waals surface area contributed by atoms with Crippen LogP contribution in [0.5, 0.6) is 0 Å². The number of nitrogens with one attached hydrogen (secondary N) is 1. The zero-order valence-electron chi connectivity index (χ0n) is 9.90. The van der Waals surface area contributed by atoms with Crippen LogP contribution in [-0.2, 0) is 9.59 Å². The maximum absolute atomic E-state index is 11.8. The Balaban J connectivity index is 2.38. The van der Waals surface area contributed by atoms with E-state index in [9.17, 15) is 9.59 Å². The van der Waals surface area contributed by atoms with E-state index < -0.39 is 12.0 Å². The number of amides is 1. The van der Waals surface area contributed by atoms with Gasteiger partial charge in [0.15, 0.2) is 0 Å². The quantitative estimate of drug-likeness (QED) is 0.717. The predicted molar refractivity (Wildman–Crippen MR) is 60.1 cm³/mol. The molecule has 1 saturated heterocycles. The molecule has 1 fully saturated rings. The van der Waals surface area contributed by atoms with Crippen molar-refractivity contribution >= 4 is 11.9 Å². The Morgan fingerprint density at radius 2 is 2.19 bits per heavy atom. The summed E-state index contributed by atoms with van der Waals surface area (Å²) in [6, 6.07) is -0.256. The third-order valence-corrected chi connectivity index (χ3v) is 2.75. The summed E-state index contributed by atoms with van der Waals surface area (Å²) < 4.78 is 0. The Morgan fingerprint density at radius 1 is 1.50 bits per heavy atom. The number of hydrogen-bond donors (Lipinski definition) is 2. The van der Waals surface area contributed by atoms with Crippen LogP contribution in [0.25, 0.3) is 0 Å². The fourth-order valence-electron chi connectivity index (χ4n) is 1.93. The Labute approximate surface area is 95.8 Å². The molecule has 0 aromatic heterocycles. The van der Waals surface area contributed by atoms with Gasteiger partial charge in [0.2, 0.25) is 5.91 Å². The highest BCUT2D eigenvalue weighted by Crippen LogP contribution is 2.18. The van der Waals surface area contributed by atoms with Crippen molar-refractivity contribution in [1.29, 1.82) is 0 Å². The third-order valence-electron chi connectivity index (χ3n) is 2.75. The highest BCUT2D eigenvalue weighted by molar-refractivity contribution is 5.84. The summed E-state index contributed by atoms with van der Waals surface area (Å²) in [5.74, 6) is -0.944. The summed E-state index contributed by atoms with van der Waals surface area (Å²) in [5, 5.41) is 12.1. The second kappa shape index (κ2) is 5.84. The molecule has 1 aliphatic heterocycles. The normalized spacial score (nSPS) is 20.4. The van der Waals surface area contributed by atoms with Gasteiger partial charge in [0.25, 0.3) is 0 Å². The second-order valence-electron chi connectivity index (χ2n) is 4.44. The molecule has 0 aromatic carbocycles. The van der Waals surface area contributed by atoms with Gasteiger partial charge in [0.1, 0.15) is 6.04 Å². The van der Waals surface area contributed by atoms with Crippen LogP contribution in [0.1, 0.15) is 33.1 Å². The maximum Gasteiger partial charge on any atom is 0.326 e. The first kappa shape index (κ1) is 13.0. The first-order chi connectivity index (χ1) is 7.52. The summed E-state index contributed by atoms with van der Waals surface area (Å²) >= 11 is 0. The van der Waals surface area contributed by atoms with E-state index in [-0.39, 0.29) is 5.91 Å². The van der Waals surface area contributed by atoms with Crippen LogP contribution in [0.3, 0.4) is 0 Å². The van der Waals surface area contributed by atoms with E-state index in [1.165, 1.54) is 4.90 Å². The number of aliphatic carboxylic acids is 1. The van der Waals surface area contributed by atoms with Crippen molar-refractivity contribution in [2.24, 2.45) is 0 Å². The molecule has 0 aliphatic carbocycles. The van der Waals surface area contributed by atoms with Crippen LogP contribution in [-0.4, -0.2) is 47.1 Å². The van der Waals surface area contributed by atoms with Crippen molar-refractivity contribution in [3.63, 3.8) is 0 Å². The number of nitrogens with zero attached hydrogens (tertiary/aromatic N) is 1. The number of carboxylic acid groups (broad SMARTS) is 1. The molecule has 1 unspecified atom stereocenters. The monoisotopic (exact) mass is 228 g/mol. The van der Waals surface area contributed by atoms with Crippen molar-refractivity contribution < 1.29 is 14.7 Å². The van der Waals surface area contributed by atoms with Gasteiger partial charge in [0, 0.05) is 25.6 Å². The molecule has 0 radical (unpaired) electrons. The van der Waals surface area contributed by atoms with Crippen LogP contribution in [0.2, 0.25) is 0 Å². The van der Waals surface area contributed by atoms with Gasteiger partial charge in [-0.2, -0.15) is 0 Å².